The number of allylic oxidation sites excluding steroid dienone is 8. The van der Waals surface area contributed by atoms with E-state index in [0.717, 1.165) is 45.7 Å². The summed E-state index contributed by atoms with van der Waals surface area (Å²) in [5.74, 6) is 0. The van der Waals surface area contributed by atoms with E-state index in [4.69, 9.17) is 4.99 Å². The van der Waals surface area contributed by atoms with Crippen LogP contribution >= 0.6 is 0 Å². The van der Waals surface area contributed by atoms with Crippen LogP contribution < -0.4 is 10.4 Å². The normalized spacial score (nSPS) is 14.3. The van der Waals surface area contributed by atoms with Crippen LogP contribution in [0.15, 0.2) is 121 Å². The summed E-state index contributed by atoms with van der Waals surface area (Å²) in [5, 5.41) is 2.42. The number of hydrogen-bond donors (Lipinski definition) is 0. The molecule has 0 N–H and O–H groups in total. The van der Waals surface area contributed by atoms with Gasteiger partial charge in [0.15, 0.2) is 0 Å². The van der Waals surface area contributed by atoms with E-state index in [9.17, 15) is 0 Å². The van der Waals surface area contributed by atoms with Crippen LogP contribution in [-0.2, 0) is 0 Å². The number of benzene rings is 3. The zero-order valence-corrected chi connectivity index (χ0v) is 25.3. The van der Waals surface area contributed by atoms with Crippen LogP contribution in [0.3, 0.4) is 0 Å². The van der Waals surface area contributed by atoms with Gasteiger partial charge in [0, 0.05) is 17.7 Å². The number of hydrogen-bond acceptors (Lipinski definition) is 1. The van der Waals surface area contributed by atoms with Crippen molar-refractivity contribution in [1.29, 1.82) is 0 Å². The molecular weight excluding hydrogens is 482 g/mol. The van der Waals surface area contributed by atoms with Crippen molar-refractivity contribution < 1.29 is 0 Å². The molecule has 0 fully saturated rings. The number of rotatable bonds is 9. The second kappa shape index (κ2) is 14.2. The van der Waals surface area contributed by atoms with E-state index in [1.54, 1.807) is 0 Å². The van der Waals surface area contributed by atoms with E-state index in [2.05, 4.69) is 140 Å². The van der Waals surface area contributed by atoms with Gasteiger partial charge in [-0.3, -0.25) is 4.99 Å². The second-order valence-corrected chi connectivity index (χ2v) is 10.3. The molecule has 1 nitrogen and oxygen atoms in total. The molecule has 0 aliphatic heterocycles. The van der Waals surface area contributed by atoms with E-state index in [-0.39, 0.29) is 0 Å². The Morgan fingerprint density at radius 1 is 0.700 bits per heavy atom. The first kappa shape index (κ1) is 30.3. The van der Waals surface area contributed by atoms with E-state index in [1.807, 2.05) is 19.1 Å². The van der Waals surface area contributed by atoms with Crippen LogP contribution in [0.4, 0.5) is 5.69 Å². The minimum Gasteiger partial charge on any atom is -0.257 e. The van der Waals surface area contributed by atoms with Crippen LogP contribution in [0.1, 0.15) is 71.6 Å². The maximum Gasteiger partial charge on any atom is 0.0703 e. The van der Waals surface area contributed by atoms with Gasteiger partial charge in [0.25, 0.3) is 0 Å². The molecule has 40 heavy (non-hydrogen) atoms. The number of para-hydroxylation sites is 1. The van der Waals surface area contributed by atoms with Crippen LogP contribution in [0.2, 0.25) is 0 Å². The maximum absolute atomic E-state index is 4.96. The average molecular weight is 526 g/mol. The first-order valence-electron chi connectivity index (χ1n) is 14.0. The maximum atomic E-state index is 4.96. The summed E-state index contributed by atoms with van der Waals surface area (Å²) in [5.41, 5.74) is 12.4. The van der Waals surface area contributed by atoms with E-state index >= 15 is 0 Å². The molecule has 0 aliphatic carbocycles. The highest BCUT2D eigenvalue weighted by Gasteiger charge is 2.10. The smallest absolute Gasteiger partial charge is 0.0703 e. The average Bonchev–Trinajstić information content (AvgIpc) is 2.98. The Labute approximate surface area is 241 Å². The zero-order valence-electron chi connectivity index (χ0n) is 25.3. The molecule has 0 amide bonds. The summed E-state index contributed by atoms with van der Waals surface area (Å²) in [6, 6.07) is 25.4. The Hall–Kier alpha value is -4.23. The van der Waals surface area contributed by atoms with Crippen molar-refractivity contribution >= 4 is 39.3 Å². The van der Waals surface area contributed by atoms with E-state index < -0.39 is 0 Å². The summed E-state index contributed by atoms with van der Waals surface area (Å²) in [6.07, 6.45) is 9.29. The summed E-state index contributed by atoms with van der Waals surface area (Å²) in [6.45, 7) is 23.7. The van der Waals surface area contributed by atoms with E-state index in [0.29, 0.717) is 0 Å². The standard InChI is InChI=1S/C39H43N/c1-10-18-29(5)34-19-12-13-22-37(34)32(8)33(9)38-23-15-14-21-36(38)31(7)28(4)25-26-30(6)40-39-24-17-16-20-35(39)27(3)11-2/h10-25H,5,8,26H2,1-4,6-7,9H3/b18-10?,27-11?,28-25+,36-31?,38-33?,40-30?. The fraction of sp³-hybridized carbons (Fsp3) is 0.205. The third-order valence-electron chi connectivity index (χ3n) is 7.52. The monoisotopic (exact) mass is 525 g/mol. The molecule has 3 aromatic rings. The van der Waals surface area contributed by atoms with Crippen LogP contribution in [-0.4, -0.2) is 5.71 Å². The molecule has 0 aromatic heterocycles. The third-order valence-corrected chi connectivity index (χ3v) is 7.52. The topological polar surface area (TPSA) is 12.4 Å². The molecule has 3 rings (SSSR count). The minimum atomic E-state index is 0.796. The van der Waals surface area contributed by atoms with Gasteiger partial charge in [-0.05, 0) is 104 Å². The van der Waals surface area contributed by atoms with Crippen molar-refractivity contribution in [1.82, 2.24) is 0 Å². The molecule has 204 valence electrons. The molecule has 0 aliphatic rings. The Kier molecular flexibility index (Phi) is 10.8. The molecule has 1 heteroatoms. The Morgan fingerprint density at radius 3 is 1.88 bits per heavy atom. The quantitative estimate of drug-likeness (QED) is 0.195. The van der Waals surface area contributed by atoms with Crippen molar-refractivity contribution in [2.45, 2.75) is 54.9 Å². The molecule has 0 atom stereocenters. The number of aliphatic imine (C=N–C) groups is 1. The molecule has 0 bridgehead atoms. The third kappa shape index (κ3) is 7.24. The van der Waals surface area contributed by atoms with Crippen molar-refractivity contribution in [2.75, 3.05) is 0 Å². The minimum absolute atomic E-state index is 0.796. The van der Waals surface area contributed by atoms with Gasteiger partial charge in [-0.1, -0.05) is 110 Å². The van der Waals surface area contributed by atoms with Gasteiger partial charge in [0.2, 0.25) is 0 Å². The summed E-state index contributed by atoms with van der Waals surface area (Å²) in [4.78, 5) is 4.96. The fourth-order valence-electron chi connectivity index (χ4n) is 4.80. The molecule has 0 heterocycles. The molecular formula is C39H43N. The second-order valence-electron chi connectivity index (χ2n) is 10.3. The molecule has 0 saturated carbocycles. The van der Waals surface area contributed by atoms with Gasteiger partial charge >= 0.3 is 0 Å². The highest BCUT2D eigenvalue weighted by molar-refractivity contribution is 5.99. The van der Waals surface area contributed by atoms with Crippen molar-refractivity contribution in [2.24, 2.45) is 4.99 Å². The SMILES string of the molecule is C=C(C=CC)c1ccccc1C(=C)C(C)=c1ccccc1=C(C)/C(C)=C/CC(C)=Nc1ccccc1C(C)=CC. The van der Waals surface area contributed by atoms with Crippen LogP contribution in [0, 0.1) is 0 Å². The molecule has 0 spiro atoms. The van der Waals surface area contributed by atoms with Gasteiger partial charge < -0.3 is 0 Å². The molecule has 0 saturated heterocycles. The van der Waals surface area contributed by atoms with Crippen molar-refractivity contribution in [3.8, 4) is 0 Å². The van der Waals surface area contributed by atoms with Gasteiger partial charge in [0.1, 0.15) is 0 Å². The fourth-order valence-corrected chi connectivity index (χ4v) is 4.80. The zero-order chi connectivity index (χ0) is 29.2. The lowest BCUT2D eigenvalue weighted by Crippen LogP contribution is -2.28. The highest BCUT2D eigenvalue weighted by Crippen LogP contribution is 2.29. The lowest BCUT2D eigenvalue weighted by molar-refractivity contribution is 1.31. The Bertz CT molecular complexity index is 1650. The summed E-state index contributed by atoms with van der Waals surface area (Å²) in [7, 11) is 0. The van der Waals surface area contributed by atoms with E-state index in [1.165, 1.54) is 32.7 Å². The molecule has 0 unspecified atom stereocenters. The Balaban J connectivity index is 2.03. The first-order valence-corrected chi connectivity index (χ1v) is 14.0. The predicted molar refractivity (Wildman–Crippen MR) is 180 cm³/mol. The van der Waals surface area contributed by atoms with Crippen LogP contribution in [0.25, 0.3) is 27.9 Å². The predicted octanol–water partition coefficient (Wildman–Crippen LogP) is 9.88. The van der Waals surface area contributed by atoms with Crippen molar-refractivity contribution in [3.05, 3.63) is 143 Å². The van der Waals surface area contributed by atoms with Gasteiger partial charge in [0.05, 0.1) is 5.69 Å². The molecule has 0 radical (unpaired) electrons. The van der Waals surface area contributed by atoms with Gasteiger partial charge in [-0.2, -0.15) is 0 Å². The first-order chi connectivity index (χ1) is 19.2. The summed E-state index contributed by atoms with van der Waals surface area (Å²) < 4.78 is 0. The highest BCUT2D eigenvalue weighted by atomic mass is 14.7. The summed E-state index contributed by atoms with van der Waals surface area (Å²) >= 11 is 0. The van der Waals surface area contributed by atoms with Gasteiger partial charge in [-0.15, -0.1) is 0 Å². The van der Waals surface area contributed by atoms with Crippen molar-refractivity contribution in [3.63, 3.8) is 0 Å². The van der Waals surface area contributed by atoms with Crippen LogP contribution in [0.5, 0.6) is 0 Å². The Morgan fingerprint density at radius 2 is 1.25 bits per heavy atom. The number of nitrogens with zero attached hydrogens (tertiary/aromatic N) is 1. The lowest BCUT2D eigenvalue weighted by atomic mass is 9.90. The van der Waals surface area contributed by atoms with Gasteiger partial charge in [-0.25, -0.2) is 0 Å². The molecule has 3 aromatic carbocycles. The lowest BCUT2D eigenvalue weighted by Gasteiger charge is -2.14. The largest absolute Gasteiger partial charge is 0.257 e.